The Morgan fingerprint density at radius 3 is 1.88 bits per heavy atom. The number of unbranched alkanes of at least 4 members (excludes halogenated alkanes) is 1. The van der Waals surface area contributed by atoms with E-state index in [2.05, 4.69) is 41.8 Å². The van der Waals surface area contributed by atoms with Gasteiger partial charge >= 0.3 is 13.2 Å². The smallest absolute Gasteiger partial charge is 0.458 e. The summed E-state index contributed by atoms with van der Waals surface area (Å²) in [7, 11) is -6.00. The fourth-order valence-corrected chi connectivity index (χ4v) is 3.20. The van der Waals surface area contributed by atoms with Crippen LogP contribution in [0.25, 0.3) is 22.4 Å². The second-order valence-electron chi connectivity index (χ2n) is 6.97. The lowest BCUT2D eigenvalue weighted by atomic mass is 10.0. The third-order valence-corrected chi connectivity index (χ3v) is 4.56. The highest BCUT2D eigenvalue weighted by atomic mass is 19.5. The van der Waals surface area contributed by atoms with Crippen LogP contribution >= 0.6 is 0 Å². The van der Waals surface area contributed by atoms with E-state index in [1.54, 1.807) is 0 Å². The van der Waals surface area contributed by atoms with Gasteiger partial charge in [0.15, 0.2) is 0 Å². The summed E-state index contributed by atoms with van der Waals surface area (Å²) in [6.07, 6.45) is 2.06. The van der Waals surface area contributed by atoms with Crippen LogP contribution in [0.15, 0.2) is 72.8 Å². The van der Waals surface area contributed by atoms with Crippen LogP contribution in [0.5, 0.6) is 0 Å². The first kappa shape index (κ1) is 25.1. The number of rotatable bonds is 7. The SMILES string of the molecule is CCCC[n+]1c(C(=O)OCC)cc(-c2ccccc2)cc1-c1ccccc1.F[B-](F)(F)F. The Labute approximate surface area is 185 Å². The van der Waals surface area contributed by atoms with Crippen LogP contribution in [0.1, 0.15) is 37.2 Å². The molecule has 1 aromatic heterocycles. The predicted molar refractivity (Wildman–Crippen MR) is 119 cm³/mol. The van der Waals surface area contributed by atoms with E-state index >= 15 is 0 Å². The molecule has 0 unspecified atom stereocenters. The topological polar surface area (TPSA) is 30.2 Å². The van der Waals surface area contributed by atoms with Crippen molar-refractivity contribution in [2.45, 2.75) is 33.2 Å². The Morgan fingerprint density at radius 1 is 0.844 bits per heavy atom. The number of nitrogens with zero attached hydrogens (tertiary/aromatic N) is 1. The fourth-order valence-electron chi connectivity index (χ4n) is 3.20. The van der Waals surface area contributed by atoms with E-state index in [4.69, 9.17) is 4.74 Å². The molecule has 0 spiro atoms. The number of carbonyl (C=O) groups is 1. The minimum atomic E-state index is -6.00. The van der Waals surface area contributed by atoms with Crippen molar-refractivity contribution in [3.63, 3.8) is 0 Å². The van der Waals surface area contributed by atoms with Crippen molar-refractivity contribution in [2.75, 3.05) is 6.61 Å². The van der Waals surface area contributed by atoms with Crippen molar-refractivity contribution in [1.29, 1.82) is 0 Å². The third-order valence-electron chi connectivity index (χ3n) is 4.56. The second kappa shape index (κ2) is 12.0. The number of hydrogen-bond acceptors (Lipinski definition) is 2. The molecule has 0 radical (unpaired) electrons. The molecule has 3 nitrogen and oxygen atoms in total. The largest absolute Gasteiger partial charge is 0.673 e. The lowest BCUT2D eigenvalue weighted by molar-refractivity contribution is -0.689. The van der Waals surface area contributed by atoms with Crippen molar-refractivity contribution in [2.24, 2.45) is 0 Å². The van der Waals surface area contributed by atoms with Gasteiger partial charge in [-0.3, -0.25) is 0 Å². The lowest BCUT2D eigenvalue weighted by Gasteiger charge is -2.12. The molecule has 3 rings (SSSR count). The maximum absolute atomic E-state index is 12.8. The molecule has 0 saturated carbocycles. The Hall–Kier alpha value is -3.16. The maximum Gasteiger partial charge on any atom is 0.673 e. The molecule has 170 valence electrons. The number of benzene rings is 2. The average molecular weight is 447 g/mol. The highest BCUT2D eigenvalue weighted by Gasteiger charge is 2.27. The van der Waals surface area contributed by atoms with Crippen molar-refractivity contribution in [3.05, 3.63) is 78.5 Å². The molecule has 0 bridgehead atoms. The van der Waals surface area contributed by atoms with E-state index in [0.29, 0.717) is 12.3 Å². The molecule has 0 amide bonds. The van der Waals surface area contributed by atoms with Gasteiger partial charge in [0.25, 0.3) is 5.69 Å². The predicted octanol–water partition coefficient (Wildman–Crippen LogP) is 6.58. The summed E-state index contributed by atoms with van der Waals surface area (Å²) in [5.74, 6) is -0.274. The maximum atomic E-state index is 12.8. The molecule has 32 heavy (non-hydrogen) atoms. The Balaban J connectivity index is 0.000000654. The zero-order valence-electron chi connectivity index (χ0n) is 18.1. The molecular weight excluding hydrogens is 421 g/mol. The van der Waals surface area contributed by atoms with Gasteiger partial charge in [-0.25, -0.2) is 4.79 Å². The number of ether oxygens (including phenoxy) is 1. The van der Waals surface area contributed by atoms with Gasteiger partial charge in [-0.05, 0) is 30.2 Å². The Bertz CT molecular complexity index is 990. The van der Waals surface area contributed by atoms with E-state index in [1.165, 1.54) is 0 Å². The number of halogens is 4. The van der Waals surface area contributed by atoms with Gasteiger partial charge in [0, 0.05) is 24.1 Å². The van der Waals surface area contributed by atoms with Crippen molar-refractivity contribution < 1.29 is 31.4 Å². The summed E-state index contributed by atoms with van der Waals surface area (Å²) in [6.45, 7) is 5.14. The van der Waals surface area contributed by atoms with E-state index in [1.807, 2.05) is 49.4 Å². The highest BCUT2D eigenvalue weighted by Crippen LogP contribution is 2.25. The summed E-state index contributed by atoms with van der Waals surface area (Å²) < 4.78 is 46.5. The van der Waals surface area contributed by atoms with E-state index in [-0.39, 0.29) is 5.97 Å². The summed E-state index contributed by atoms with van der Waals surface area (Å²) in [5.41, 5.74) is 4.84. The third kappa shape index (κ3) is 7.83. The van der Waals surface area contributed by atoms with Crippen LogP contribution in [0.2, 0.25) is 0 Å². The number of esters is 1. The minimum Gasteiger partial charge on any atom is -0.458 e. The summed E-state index contributed by atoms with van der Waals surface area (Å²) in [6, 6.07) is 24.5. The van der Waals surface area contributed by atoms with Gasteiger partial charge in [-0.1, -0.05) is 61.9 Å². The number of hydrogen-bond donors (Lipinski definition) is 0. The fraction of sp³-hybridized carbons (Fsp3) is 0.250. The first-order valence-electron chi connectivity index (χ1n) is 10.5. The molecule has 0 atom stereocenters. The van der Waals surface area contributed by atoms with Gasteiger partial charge < -0.3 is 22.0 Å². The molecule has 0 aliphatic heterocycles. The Morgan fingerprint density at radius 2 is 1.38 bits per heavy atom. The van der Waals surface area contributed by atoms with Crippen LogP contribution < -0.4 is 4.57 Å². The normalized spacial score (nSPS) is 10.8. The van der Waals surface area contributed by atoms with Crippen LogP contribution in [0, 0.1) is 0 Å². The van der Waals surface area contributed by atoms with Crippen LogP contribution in [-0.4, -0.2) is 19.8 Å². The van der Waals surface area contributed by atoms with E-state index < -0.39 is 7.25 Å². The van der Waals surface area contributed by atoms with Gasteiger partial charge in [-0.15, -0.1) is 0 Å². The van der Waals surface area contributed by atoms with Crippen molar-refractivity contribution >= 4 is 13.2 Å². The molecule has 0 N–H and O–H groups in total. The zero-order chi connectivity index (χ0) is 23.6. The van der Waals surface area contributed by atoms with Gasteiger partial charge in [-0.2, -0.15) is 4.57 Å². The molecule has 1 heterocycles. The van der Waals surface area contributed by atoms with E-state index in [0.717, 1.165) is 41.8 Å². The molecule has 0 aliphatic rings. The molecular formula is C24H26BF4NO2. The quantitative estimate of drug-likeness (QED) is 0.177. The first-order chi connectivity index (χ1) is 15.2. The summed E-state index contributed by atoms with van der Waals surface area (Å²) in [4.78, 5) is 12.8. The van der Waals surface area contributed by atoms with Crippen molar-refractivity contribution in [1.82, 2.24) is 0 Å². The molecule has 3 aromatic rings. The first-order valence-corrected chi connectivity index (χ1v) is 10.5. The number of pyridine rings is 1. The number of aromatic nitrogens is 1. The van der Waals surface area contributed by atoms with E-state index in [9.17, 15) is 22.1 Å². The monoisotopic (exact) mass is 447 g/mol. The zero-order valence-corrected chi connectivity index (χ0v) is 18.1. The van der Waals surface area contributed by atoms with Crippen molar-refractivity contribution in [3.8, 4) is 22.4 Å². The molecule has 0 saturated heterocycles. The second-order valence-corrected chi connectivity index (χ2v) is 6.97. The van der Waals surface area contributed by atoms with Gasteiger partial charge in [0.2, 0.25) is 5.69 Å². The molecule has 0 aliphatic carbocycles. The average Bonchev–Trinajstić information content (AvgIpc) is 2.77. The summed E-state index contributed by atoms with van der Waals surface area (Å²) in [5, 5.41) is 0. The highest BCUT2D eigenvalue weighted by molar-refractivity contribution is 6.50. The van der Waals surface area contributed by atoms with Crippen LogP contribution in [0.3, 0.4) is 0 Å². The molecule has 8 heteroatoms. The number of carbonyl (C=O) groups excluding carboxylic acids is 1. The van der Waals surface area contributed by atoms with Gasteiger partial charge in [0.1, 0.15) is 6.54 Å². The summed E-state index contributed by atoms with van der Waals surface area (Å²) >= 11 is 0. The minimum absolute atomic E-state index is 0.274. The van der Waals surface area contributed by atoms with Crippen LogP contribution in [-0.2, 0) is 11.3 Å². The standard InChI is InChI=1S/C24H26NO2.BF4/c1-3-5-16-25-22(20-14-10-7-11-15-20)17-21(19-12-8-6-9-13-19)18-23(25)24(26)27-4-2;2-1(3,4)5/h6-15,17-18H,3-5,16H2,1-2H3;/q+1;-1. The van der Waals surface area contributed by atoms with Crippen LogP contribution in [0.4, 0.5) is 17.3 Å². The lowest BCUT2D eigenvalue weighted by Crippen LogP contribution is -2.43. The molecule has 2 aromatic carbocycles. The van der Waals surface area contributed by atoms with Gasteiger partial charge in [0.05, 0.1) is 6.61 Å². The Kier molecular flexibility index (Phi) is 9.44. The molecule has 0 fully saturated rings.